The van der Waals surface area contributed by atoms with Gasteiger partial charge in [0.15, 0.2) is 0 Å². The van der Waals surface area contributed by atoms with Crippen LogP contribution in [0.5, 0.6) is 5.75 Å². The van der Waals surface area contributed by atoms with E-state index in [2.05, 4.69) is 54.2 Å². The molecule has 1 N–H and O–H groups in total. The van der Waals surface area contributed by atoms with Gasteiger partial charge in [-0.2, -0.15) is 0 Å². The van der Waals surface area contributed by atoms with E-state index in [0.717, 1.165) is 15.9 Å². The van der Waals surface area contributed by atoms with Crippen molar-refractivity contribution in [2.75, 3.05) is 12.4 Å². The van der Waals surface area contributed by atoms with Crippen LogP contribution in [-0.2, 0) is 0 Å². The molecule has 1 fully saturated rings. The zero-order valence-corrected chi connectivity index (χ0v) is 13.9. The second-order valence-electron chi connectivity index (χ2n) is 6.51. The molecule has 2 unspecified atom stereocenters. The predicted molar refractivity (Wildman–Crippen MR) is 84.9 cm³/mol. The zero-order chi connectivity index (χ0) is 14.0. The van der Waals surface area contributed by atoms with Crippen molar-refractivity contribution in [3.8, 4) is 5.75 Å². The first kappa shape index (κ1) is 14.7. The van der Waals surface area contributed by atoms with E-state index in [1.807, 2.05) is 6.07 Å². The van der Waals surface area contributed by atoms with Crippen molar-refractivity contribution in [2.24, 2.45) is 11.3 Å². The minimum absolute atomic E-state index is 0.493. The van der Waals surface area contributed by atoms with Gasteiger partial charge in [-0.05, 0) is 42.7 Å². The fourth-order valence-electron chi connectivity index (χ4n) is 3.14. The van der Waals surface area contributed by atoms with E-state index >= 15 is 0 Å². The van der Waals surface area contributed by atoms with Crippen LogP contribution in [0.25, 0.3) is 0 Å². The van der Waals surface area contributed by atoms with Crippen molar-refractivity contribution in [1.82, 2.24) is 0 Å². The summed E-state index contributed by atoms with van der Waals surface area (Å²) in [5.41, 5.74) is 1.63. The van der Waals surface area contributed by atoms with E-state index in [4.69, 9.17) is 4.74 Å². The molecular formula is C16H24BrNO. The van der Waals surface area contributed by atoms with Gasteiger partial charge in [-0.1, -0.05) is 36.7 Å². The fourth-order valence-corrected chi connectivity index (χ4v) is 3.61. The maximum Gasteiger partial charge on any atom is 0.122 e. The van der Waals surface area contributed by atoms with Gasteiger partial charge in [-0.3, -0.25) is 0 Å². The number of halogens is 1. The molecule has 19 heavy (non-hydrogen) atoms. The van der Waals surface area contributed by atoms with Gasteiger partial charge in [0, 0.05) is 22.3 Å². The summed E-state index contributed by atoms with van der Waals surface area (Å²) < 4.78 is 6.37. The normalized spacial score (nSPS) is 25.9. The molecule has 0 amide bonds. The Kier molecular flexibility index (Phi) is 4.44. The number of anilines is 1. The van der Waals surface area contributed by atoms with Gasteiger partial charge in [0.25, 0.3) is 0 Å². The third-order valence-corrected chi connectivity index (χ3v) is 4.61. The van der Waals surface area contributed by atoms with Crippen LogP contribution >= 0.6 is 15.9 Å². The van der Waals surface area contributed by atoms with Crippen molar-refractivity contribution < 1.29 is 4.74 Å². The molecule has 3 heteroatoms. The summed E-state index contributed by atoms with van der Waals surface area (Å²) in [7, 11) is 1.71. The van der Waals surface area contributed by atoms with Gasteiger partial charge in [-0.15, -0.1) is 0 Å². The zero-order valence-electron chi connectivity index (χ0n) is 12.3. The van der Waals surface area contributed by atoms with Crippen LogP contribution in [0.3, 0.4) is 0 Å². The van der Waals surface area contributed by atoms with E-state index in [1.54, 1.807) is 7.11 Å². The average molecular weight is 326 g/mol. The Bertz CT molecular complexity index is 444. The SMILES string of the molecule is COc1cc(Br)cc(NC2CCC(C)(C)CC2C)c1. The van der Waals surface area contributed by atoms with Gasteiger partial charge in [0.05, 0.1) is 7.11 Å². The highest BCUT2D eigenvalue weighted by molar-refractivity contribution is 9.10. The number of benzene rings is 1. The molecule has 2 nitrogen and oxygen atoms in total. The van der Waals surface area contributed by atoms with Crippen molar-refractivity contribution in [3.05, 3.63) is 22.7 Å². The van der Waals surface area contributed by atoms with Gasteiger partial charge in [0.1, 0.15) is 5.75 Å². The van der Waals surface area contributed by atoms with Crippen LogP contribution in [-0.4, -0.2) is 13.2 Å². The lowest BCUT2D eigenvalue weighted by molar-refractivity contribution is 0.177. The average Bonchev–Trinajstić information content (AvgIpc) is 2.31. The molecule has 0 saturated heterocycles. The van der Waals surface area contributed by atoms with Crippen LogP contribution in [0.15, 0.2) is 22.7 Å². The molecule has 1 aromatic rings. The Morgan fingerprint density at radius 2 is 2.05 bits per heavy atom. The third kappa shape index (κ3) is 3.88. The molecule has 2 rings (SSSR count). The fraction of sp³-hybridized carbons (Fsp3) is 0.625. The van der Waals surface area contributed by atoms with Crippen molar-refractivity contribution >= 4 is 21.6 Å². The minimum atomic E-state index is 0.493. The van der Waals surface area contributed by atoms with Gasteiger partial charge in [0.2, 0.25) is 0 Å². The number of nitrogens with one attached hydrogen (secondary N) is 1. The highest BCUT2D eigenvalue weighted by Gasteiger charge is 2.32. The first-order valence-electron chi connectivity index (χ1n) is 7.01. The summed E-state index contributed by atoms with van der Waals surface area (Å²) in [5.74, 6) is 1.59. The summed E-state index contributed by atoms with van der Waals surface area (Å²) in [6.45, 7) is 7.11. The number of rotatable bonds is 3. The second-order valence-corrected chi connectivity index (χ2v) is 7.43. The van der Waals surface area contributed by atoms with Gasteiger partial charge >= 0.3 is 0 Å². The molecule has 0 bridgehead atoms. The molecule has 0 aromatic heterocycles. The molecule has 106 valence electrons. The van der Waals surface area contributed by atoms with E-state index in [-0.39, 0.29) is 0 Å². The first-order valence-corrected chi connectivity index (χ1v) is 7.80. The number of ether oxygens (including phenoxy) is 1. The molecule has 2 atom stereocenters. The summed E-state index contributed by atoms with van der Waals surface area (Å²) in [6.07, 6.45) is 3.82. The maximum absolute atomic E-state index is 5.31. The topological polar surface area (TPSA) is 21.3 Å². The van der Waals surface area contributed by atoms with Crippen LogP contribution in [0.4, 0.5) is 5.69 Å². The summed E-state index contributed by atoms with van der Waals surface area (Å²) in [5, 5.41) is 3.67. The quantitative estimate of drug-likeness (QED) is 0.836. The second kappa shape index (κ2) is 5.74. The first-order chi connectivity index (χ1) is 8.89. The van der Waals surface area contributed by atoms with E-state index in [9.17, 15) is 0 Å². The minimum Gasteiger partial charge on any atom is -0.497 e. The Morgan fingerprint density at radius 3 is 2.68 bits per heavy atom. The molecule has 1 aliphatic carbocycles. The van der Waals surface area contributed by atoms with Crippen LogP contribution in [0.2, 0.25) is 0 Å². The summed E-state index contributed by atoms with van der Waals surface area (Å²) in [4.78, 5) is 0. The molecule has 1 aromatic carbocycles. The van der Waals surface area contributed by atoms with Crippen LogP contribution in [0, 0.1) is 11.3 Å². The lowest BCUT2D eigenvalue weighted by Gasteiger charge is -2.40. The number of hydrogen-bond acceptors (Lipinski definition) is 2. The van der Waals surface area contributed by atoms with Gasteiger partial charge < -0.3 is 10.1 Å². The monoisotopic (exact) mass is 325 g/mol. The molecule has 0 spiro atoms. The molecule has 0 aliphatic heterocycles. The standard InChI is InChI=1S/C16H24BrNO/c1-11-10-16(2,3)6-5-15(11)18-13-7-12(17)8-14(9-13)19-4/h7-9,11,15,18H,5-6,10H2,1-4H3. The van der Waals surface area contributed by atoms with Crippen LogP contribution in [0.1, 0.15) is 40.0 Å². The van der Waals surface area contributed by atoms with Crippen molar-refractivity contribution in [3.63, 3.8) is 0 Å². The van der Waals surface area contributed by atoms with Crippen molar-refractivity contribution in [2.45, 2.75) is 46.1 Å². The smallest absolute Gasteiger partial charge is 0.122 e. The molecule has 0 radical (unpaired) electrons. The summed E-state index contributed by atoms with van der Waals surface area (Å²) >= 11 is 3.53. The number of hydrogen-bond donors (Lipinski definition) is 1. The highest BCUT2D eigenvalue weighted by atomic mass is 79.9. The Hall–Kier alpha value is -0.700. The molecule has 0 heterocycles. The lowest BCUT2D eigenvalue weighted by atomic mass is 9.70. The highest BCUT2D eigenvalue weighted by Crippen LogP contribution is 2.39. The summed E-state index contributed by atoms with van der Waals surface area (Å²) in [6, 6.07) is 6.73. The number of methoxy groups -OCH3 is 1. The third-order valence-electron chi connectivity index (χ3n) is 4.15. The largest absolute Gasteiger partial charge is 0.497 e. The lowest BCUT2D eigenvalue weighted by Crippen LogP contribution is -2.36. The Morgan fingerprint density at radius 1 is 1.32 bits per heavy atom. The van der Waals surface area contributed by atoms with E-state index in [0.29, 0.717) is 17.4 Å². The predicted octanol–water partition coefficient (Wildman–Crippen LogP) is 5.08. The van der Waals surface area contributed by atoms with Crippen LogP contribution < -0.4 is 10.1 Å². The Labute approximate surface area is 125 Å². The molecular weight excluding hydrogens is 302 g/mol. The maximum atomic E-state index is 5.31. The van der Waals surface area contributed by atoms with Gasteiger partial charge in [-0.25, -0.2) is 0 Å². The van der Waals surface area contributed by atoms with E-state index in [1.165, 1.54) is 19.3 Å². The molecule has 1 saturated carbocycles. The Balaban J connectivity index is 2.07. The van der Waals surface area contributed by atoms with E-state index < -0.39 is 0 Å². The van der Waals surface area contributed by atoms with Crippen molar-refractivity contribution in [1.29, 1.82) is 0 Å². The molecule has 1 aliphatic rings.